The number of aromatic nitrogens is 1. The van der Waals surface area contributed by atoms with E-state index in [2.05, 4.69) is 28.2 Å². The Balaban J connectivity index is 1.72. The number of hydrogen-bond donors (Lipinski definition) is 1. The monoisotopic (exact) mass is 343 g/mol. The lowest BCUT2D eigenvalue weighted by molar-refractivity contribution is 0.102. The number of amides is 1. The van der Waals surface area contributed by atoms with Crippen LogP contribution in [0.25, 0.3) is 0 Å². The molecule has 0 aliphatic carbocycles. The third kappa shape index (κ3) is 3.84. The number of piperidine rings is 1. The van der Waals surface area contributed by atoms with Crippen LogP contribution in [-0.2, 0) is 6.54 Å². The van der Waals surface area contributed by atoms with Crippen LogP contribution in [0.4, 0.5) is 5.69 Å². The number of thiazole rings is 1. The Kier molecular flexibility index (Phi) is 5.31. The second-order valence-corrected chi connectivity index (χ2v) is 7.64. The lowest BCUT2D eigenvalue weighted by Gasteiger charge is -2.25. The summed E-state index contributed by atoms with van der Waals surface area (Å²) in [6.45, 7) is 9.16. The molecule has 128 valence electrons. The van der Waals surface area contributed by atoms with Gasteiger partial charge in [-0.05, 0) is 63.9 Å². The van der Waals surface area contributed by atoms with Crippen molar-refractivity contribution < 1.29 is 4.79 Å². The fraction of sp³-hybridized carbons (Fsp3) is 0.474. The summed E-state index contributed by atoms with van der Waals surface area (Å²) >= 11 is 1.53. The minimum atomic E-state index is -0.0522. The maximum Gasteiger partial charge on any atom is 0.267 e. The molecule has 1 aliphatic rings. The molecule has 0 bridgehead atoms. The van der Waals surface area contributed by atoms with Crippen LogP contribution in [0.5, 0.6) is 0 Å². The van der Waals surface area contributed by atoms with Crippen LogP contribution in [-0.4, -0.2) is 28.9 Å². The number of nitrogens with zero attached hydrogens (tertiary/aromatic N) is 2. The highest BCUT2D eigenvalue weighted by atomic mass is 32.1. The van der Waals surface area contributed by atoms with Gasteiger partial charge in [0.15, 0.2) is 0 Å². The summed E-state index contributed by atoms with van der Waals surface area (Å²) in [6, 6.07) is 5.98. The molecule has 0 saturated carbocycles. The SMILES string of the molecule is Cc1cccc(NC(=O)c2sc(CN3CCCCC3)nc2C)c1C. The summed E-state index contributed by atoms with van der Waals surface area (Å²) in [5.74, 6) is -0.0522. The predicted octanol–water partition coefficient (Wildman–Crippen LogP) is 4.31. The standard InChI is InChI=1S/C19H25N3OS/c1-13-8-7-9-16(14(13)2)21-19(23)18-15(3)20-17(24-18)12-22-10-5-4-6-11-22/h7-9H,4-6,10-12H2,1-3H3,(H,21,23). The van der Waals surface area contributed by atoms with Crippen LogP contribution in [0.3, 0.4) is 0 Å². The van der Waals surface area contributed by atoms with Crippen molar-refractivity contribution in [2.75, 3.05) is 18.4 Å². The highest BCUT2D eigenvalue weighted by molar-refractivity contribution is 7.13. The van der Waals surface area contributed by atoms with Crippen molar-refractivity contribution in [1.82, 2.24) is 9.88 Å². The number of likely N-dealkylation sites (tertiary alicyclic amines) is 1. The lowest BCUT2D eigenvalue weighted by Crippen LogP contribution is -2.28. The molecule has 5 heteroatoms. The fourth-order valence-electron chi connectivity index (χ4n) is 3.10. The van der Waals surface area contributed by atoms with Gasteiger partial charge in [-0.2, -0.15) is 0 Å². The van der Waals surface area contributed by atoms with Crippen LogP contribution >= 0.6 is 11.3 Å². The third-order valence-electron chi connectivity index (χ3n) is 4.71. The molecule has 0 radical (unpaired) electrons. The van der Waals surface area contributed by atoms with Crippen molar-refractivity contribution in [3.8, 4) is 0 Å². The maximum atomic E-state index is 12.6. The molecule has 1 amide bonds. The Bertz CT molecular complexity index is 732. The van der Waals surface area contributed by atoms with E-state index >= 15 is 0 Å². The second-order valence-electron chi connectivity index (χ2n) is 6.56. The minimum Gasteiger partial charge on any atom is -0.321 e. The van der Waals surface area contributed by atoms with Gasteiger partial charge in [0.2, 0.25) is 0 Å². The first-order valence-electron chi connectivity index (χ1n) is 8.61. The van der Waals surface area contributed by atoms with E-state index < -0.39 is 0 Å². The first-order chi connectivity index (χ1) is 11.5. The molecule has 0 unspecified atom stereocenters. The van der Waals surface area contributed by atoms with Gasteiger partial charge in [-0.1, -0.05) is 18.6 Å². The van der Waals surface area contributed by atoms with E-state index in [4.69, 9.17) is 0 Å². The molecule has 1 aliphatic heterocycles. The van der Waals surface area contributed by atoms with E-state index in [1.165, 1.54) is 36.2 Å². The molecular formula is C19H25N3OS. The molecule has 1 N–H and O–H groups in total. The summed E-state index contributed by atoms with van der Waals surface area (Å²) < 4.78 is 0. The normalized spacial score (nSPS) is 15.5. The van der Waals surface area contributed by atoms with Gasteiger partial charge < -0.3 is 5.32 Å². The average molecular weight is 343 g/mol. The zero-order valence-electron chi connectivity index (χ0n) is 14.7. The number of anilines is 1. The Morgan fingerprint density at radius 3 is 2.71 bits per heavy atom. The molecule has 2 aromatic rings. The van der Waals surface area contributed by atoms with Crippen molar-refractivity contribution in [3.05, 3.63) is 44.9 Å². The molecule has 2 heterocycles. The number of carbonyl (C=O) groups is 1. The van der Waals surface area contributed by atoms with Crippen LogP contribution in [0.2, 0.25) is 0 Å². The van der Waals surface area contributed by atoms with Gasteiger partial charge in [-0.3, -0.25) is 9.69 Å². The molecular weight excluding hydrogens is 318 g/mol. The van der Waals surface area contributed by atoms with Gasteiger partial charge in [0.25, 0.3) is 5.91 Å². The second kappa shape index (κ2) is 7.45. The van der Waals surface area contributed by atoms with Gasteiger partial charge in [-0.15, -0.1) is 11.3 Å². The zero-order valence-corrected chi connectivity index (χ0v) is 15.5. The van der Waals surface area contributed by atoms with Crippen molar-refractivity contribution in [3.63, 3.8) is 0 Å². The molecule has 4 nitrogen and oxygen atoms in total. The summed E-state index contributed by atoms with van der Waals surface area (Å²) in [7, 11) is 0. The molecule has 0 atom stereocenters. The highest BCUT2D eigenvalue weighted by Gasteiger charge is 2.18. The number of carbonyl (C=O) groups excluding carboxylic acids is 1. The Morgan fingerprint density at radius 1 is 1.21 bits per heavy atom. The number of rotatable bonds is 4. The predicted molar refractivity (Wildman–Crippen MR) is 99.8 cm³/mol. The fourth-order valence-corrected chi connectivity index (χ4v) is 4.11. The molecule has 24 heavy (non-hydrogen) atoms. The summed E-state index contributed by atoms with van der Waals surface area (Å²) in [4.78, 5) is 20.4. The first kappa shape index (κ1) is 17.1. The smallest absolute Gasteiger partial charge is 0.267 e. The Morgan fingerprint density at radius 2 is 1.96 bits per heavy atom. The lowest BCUT2D eigenvalue weighted by atomic mass is 10.1. The van der Waals surface area contributed by atoms with Crippen molar-refractivity contribution >= 4 is 22.9 Å². The molecule has 3 rings (SSSR count). The van der Waals surface area contributed by atoms with E-state index in [9.17, 15) is 4.79 Å². The van der Waals surface area contributed by atoms with E-state index in [1.54, 1.807) is 0 Å². The van der Waals surface area contributed by atoms with Crippen LogP contribution in [0.1, 0.15) is 50.8 Å². The molecule has 0 spiro atoms. The number of nitrogens with one attached hydrogen (secondary N) is 1. The van der Waals surface area contributed by atoms with Crippen molar-refractivity contribution in [1.29, 1.82) is 0 Å². The quantitative estimate of drug-likeness (QED) is 0.900. The van der Waals surface area contributed by atoms with E-state index in [-0.39, 0.29) is 5.91 Å². The van der Waals surface area contributed by atoms with Crippen LogP contribution in [0, 0.1) is 20.8 Å². The van der Waals surface area contributed by atoms with E-state index in [0.29, 0.717) is 0 Å². The van der Waals surface area contributed by atoms with Crippen molar-refractivity contribution in [2.24, 2.45) is 0 Å². The van der Waals surface area contributed by atoms with Gasteiger partial charge >= 0.3 is 0 Å². The first-order valence-corrected chi connectivity index (χ1v) is 9.42. The maximum absolute atomic E-state index is 12.6. The van der Waals surface area contributed by atoms with Gasteiger partial charge in [-0.25, -0.2) is 4.98 Å². The largest absolute Gasteiger partial charge is 0.321 e. The summed E-state index contributed by atoms with van der Waals surface area (Å²) in [5, 5.41) is 4.09. The minimum absolute atomic E-state index is 0.0522. The molecule has 1 aromatic heterocycles. The van der Waals surface area contributed by atoms with Crippen molar-refractivity contribution in [2.45, 2.75) is 46.6 Å². The van der Waals surface area contributed by atoms with Crippen LogP contribution in [0.15, 0.2) is 18.2 Å². The molecule has 1 saturated heterocycles. The Labute approximate surface area is 147 Å². The Hall–Kier alpha value is -1.72. The van der Waals surface area contributed by atoms with Crippen LogP contribution < -0.4 is 5.32 Å². The van der Waals surface area contributed by atoms with E-state index in [0.717, 1.165) is 46.5 Å². The third-order valence-corrected chi connectivity index (χ3v) is 5.85. The highest BCUT2D eigenvalue weighted by Crippen LogP contribution is 2.24. The number of aryl methyl sites for hydroxylation is 2. The number of benzene rings is 1. The molecule has 1 aromatic carbocycles. The van der Waals surface area contributed by atoms with Gasteiger partial charge in [0.05, 0.1) is 12.2 Å². The van der Waals surface area contributed by atoms with Gasteiger partial charge in [0, 0.05) is 5.69 Å². The topological polar surface area (TPSA) is 45.2 Å². The zero-order chi connectivity index (χ0) is 17.1. The summed E-state index contributed by atoms with van der Waals surface area (Å²) in [6.07, 6.45) is 3.87. The van der Waals surface area contributed by atoms with E-state index in [1.807, 2.05) is 26.0 Å². The molecule has 1 fully saturated rings. The average Bonchev–Trinajstić information content (AvgIpc) is 2.93. The number of hydrogen-bond acceptors (Lipinski definition) is 4. The van der Waals surface area contributed by atoms with Gasteiger partial charge in [0.1, 0.15) is 9.88 Å². The summed E-state index contributed by atoms with van der Waals surface area (Å²) in [5.41, 5.74) is 4.00.